The van der Waals surface area contributed by atoms with E-state index in [-0.39, 0.29) is 11.8 Å². The molecule has 1 unspecified atom stereocenters. The van der Waals surface area contributed by atoms with E-state index in [0.29, 0.717) is 25.1 Å². The van der Waals surface area contributed by atoms with Gasteiger partial charge in [-0.3, -0.25) is 9.59 Å². The Hall–Kier alpha value is -3.34. The molecule has 32 heavy (non-hydrogen) atoms. The molecule has 2 aromatic rings. The largest absolute Gasteiger partial charge is 0.493 e. The van der Waals surface area contributed by atoms with Crippen LogP contribution >= 0.6 is 0 Å². The van der Waals surface area contributed by atoms with Gasteiger partial charge in [-0.1, -0.05) is 56.0 Å². The van der Waals surface area contributed by atoms with Gasteiger partial charge in [0.25, 0.3) is 5.91 Å². The summed E-state index contributed by atoms with van der Waals surface area (Å²) >= 11 is 0. The highest BCUT2D eigenvalue weighted by atomic mass is 16.5. The molecule has 0 aliphatic rings. The highest BCUT2D eigenvalue weighted by Gasteiger charge is 2.15. The molecular formula is C27H33NO4. The number of amides is 1. The average molecular weight is 436 g/mol. The minimum absolute atomic E-state index is 0.0561. The molecule has 0 aliphatic heterocycles. The van der Waals surface area contributed by atoms with Crippen LogP contribution in [0.4, 0.5) is 0 Å². The van der Waals surface area contributed by atoms with Gasteiger partial charge in [-0.25, -0.2) is 0 Å². The van der Waals surface area contributed by atoms with Crippen molar-refractivity contribution < 1.29 is 19.4 Å². The van der Waals surface area contributed by atoms with Gasteiger partial charge in [0.05, 0.1) is 12.5 Å². The summed E-state index contributed by atoms with van der Waals surface area (Å²) in [5.74, 6) is -0.404. The summed E-state index contributed by atoms with van der Waals surface area (Å²) in [6, 6.07) is 15.3. The Morgan fingerprint density at radius 1 is 1.09 bits per heavy atom. The molecule has 5 heteroatoms. The van der Waals surface area contributed by atoms with Crippen molar-refractivity contribution in [1.29, 1.82) is 0 Å². The van der Waals surface area contributed by atoms with Crippen LogP contribution in [0.3, 0.4) is 0 Å². The number of carbonyl (C=O) groups is 2. The second-order valence-corrected chi connectivity index (χ2v) is 8.02. The van der Waals surface area contributed by atoms with E-state index in [1.165, 1.54) is 0 Å². The standard InChI is InChI=1S/C27H33NO4/c1-5-10-20(2)22-14-16-23(17-15-22)26(29)28(4)19-24-12-6-7-13-25(24)32-18-9-8-11-21(3)27(30)31/h5-7,10,12-17,21H,1,8-9,11,18-19H2,2-4H3,(H,30,31)/b20-10+. The van der Waals surface area contributed by atoms with Crippen LogP contribution in [0.25, 0.3) is 5.57 Å². The lowest BCUT2D eigenvalue weighted by Crippen LogP contribution is -2.26. The molecule has 1 N–H and O–H groups in total. The van der Waals surface area contributed by atoms with Gasteiger partial charge < -0.3 is 14.7 Å². The minimum atomic E-state index is -0.762. The maximum Gasteiger partial charge on any atom is 0.306 e. The van der Waals surface area contributed by atoms with E-state index in [1.807, 2.05) is 61.5 Å². The lowest BCUT2D eigenvalue weighted by Gasteiger charge is -2.20. The molecule has 0 saturated carbocycles. The molecule has 0 fully saturated rings. The number of para-hydroxylation sites is 1. The summed E-state index contributed by atoms with van der Waals surface area (Å²) in [7, 11) is 1.78. The lowest BCUT2D eigenvalue weighted by molar-refractivity contribution is -0.141. The Balaban J connectivity index is 1.94. The number of aliphatic carboxylic acids is 1. The Labute approximate surface area is 191 Å². The fourth-order valence-electron chi connectivity index (χ4n) is 3.33. The lowest BCUT2D eigenvalue weighted by atomic mass is 10.0. The summed E-state index contributed by atoms with van der Waals surface area (Å²) in [6.07, 6.45) is 5.91. The van der Waals surface area contributed by atoms with Crippen LogP contribution in [0.15, 0.2) is 67.3 Å². The molecule has 170 valence electrons. The van der Waals surface area contributed by atoms with Crippen molar-refractivity contribution in [1.82, 2.24) is 4.90 Å². The van der Waals surface area contributed by atoms with Crippen molar-refractivity contribution in [2.75, 3.05) is 13.7 Å². The highest BCUT2D eigenvalue weighted by Crippen LogP contribution is 2.22. The second kappa shape index (κ2) is 12.5. The number of unbranched alkanes of at least 4 members (excludes halogenated alkanes) is 1. The van der Waals surface area contributed by atoms with E-state index in [2.05, 4.69) is 6.58 Å². The zero-order chi connectivity index (χ0) is 23.5. The van der Waals surface area contributed by atoms with E-state index in [0.717, 1.165) is 35.3 Å². The predicted molar refractivity (Wildman–Crippen MR) is 129 cm³/mol. The van der Waals surface area contributed by atoms with Gasteiger partial charge in [-0.15, -0.1) is 0 Å². The molecule has 5 nitrogen and oxygen atoms in total. The summed E-state index contributed by atoms with van der Waals surface area (Å²) in [5.41, 5.74) is 3.72. The summed E-state index contributed by atoms with van der Waals surface area (Å²) in [6.45, 7) is 8.39. The van der Waals surface area contributed by atoms with E-state index < -0.39 is 5.97 Å². The van der Waals surface area contributed by atoms with Crippen molar-refractivity contribution >= 4 is 17.4 Å². The first kappa shape index (κ1) is 24.9. The second-order valence-electron chi connectivity index (χ2n) is 8.02. The number of nitrogens with zero attached hydrogens (tertiary/aromatic N) is 1. The highest BCUT2D eigenvalue weighted by molar-refractivity contribution is 5.94. The van der Waals surface area contributed by atoms with Crippen LogP contribution in [0.1, 0.15) is 54.6 Å². The third-order valence-corrected chi connectivity index (χ3v) is 5.39. The van der Waals surface area contributed by atoms with Crippen molar-refractivity contribution in [3.8, 4) is 5.75 Å². The topological polar surface area (TPSA) is 66.8 Å². The van der Waals surface area contributed by atoms with Gasteiger partial charge in [0.2, 0.25) is 0 Å². The first-order valence-corrected chi connectivity index (χ1v) is 10.9. The summed E-state index contributed by atoms with van der Waals surface area (Å²) in [5, 5.41) is 8.95. The van der Waals surface area contributed by atoms with Gasteiger partial charge in [0.15, 0.2) is 0 Å². The van der Waals surface area contributed by atoms with Gasteiger partial charge in [0.1, 0.15) is 5.75 Å². The van der Waals surface area contributed by atoms with E-state index in [1.54, 1.807) is 24.9 Å². The third kappa shape index (κ3) is 7.41. The average Bonchev–Trinajstić information content (AvgIpc) is 2.79. The Morgan fingerprint density at radius 3 is 2.41 bits per heavy atom. The number of hydrogen-bond donors (Lipinski definition) is 1. The SMILES string of the molecule is C=C/C=C(\C)c1ccc(C(=O)N(C)Cc2ccccc2OCCCCC(C)C(=O)O)cc1. The summed E-state index contributed by atoms with van der Waals surface area (Å²) in [4.78, 5) is 25.5. The number of allylic oxidation sites excluding steroid dienone is 3. The molecule has 0 radical (unpaired) electrons. The van der Waals surface area contributed by atoms with Gasteiger partial charge >= 0.3 is 5.97 Å². The number of carboxylic acid groups (broad SMARTS) is 1. The first-order valence-electron chi connectivity index (χ1n) is 10.9. The molecule has 0 heterocycles. The maximum absolute atomic E-state index is 12.9. The molecule has 2 rings (SSSR count). The number of ether oxygens (including phenoxy) is 1. The third-order valence-electron chi connectivity index (χ3n) is 5.39. The zero-order valence-corrected chi connectivity index (χ0v) is 19.2. The fraction of sp³-hybridized carbons (Fsp3) is 0.333. The molecule has 0 saturated heterocycles. The maximum atomic E-state index is 12.9. The zero-order valence-electron chi connectivity index (χ0n) is 19.2. The minimum Gasteiger partial charge on any atom is -0.493 e. The molecule has 0 bridgehead atoms. The molecule has 0 aliphatic carbocycles. The predicted octanol–water partition coefficient (Wildman–Crippen LogP) is 5.82. The summed E-state index contributed by atoms with van der Waals surface area (Å²) < 4.78 is 5.93. The number of carbonyl (C=O) groups excluding carboxylic acids is 1. The smallest absolute Gasteiger partial charge is 0.306 e. The van der Waals surface area contributed by atoms with Crippen molar-refractivity contribution in [3.63, 3.8) is 0 Å². The van der Waals surface area contributed by atoms with Crippen LogP contribution in [0, 0.1) is 5.92 Å². The molecule has 0 spiro atoms. The van der Waals surface area contributed by atoms with Crippen LogP contribution in [0.2, 0.25) is 0 Å². The molecule has 1 amide bonds. The van der Waals surface area contributed by atoms with Gasteiger partial charge in [0, 0.05) is 24.7 Å². The molecule has 1 atom stereocenters. The number of rotatable bonds is 12. The first-order chi connectivity index (χ1) is 15.3. The Morgan fingerprint density at radius 2 is 1.75 bits per heavy atom. The van der Waals surface area contributed by atoms with Crippen LogP contribution in [-0.2, 0) is 11.3 Å². The van der Waals surface area contributed by atoms with Gasteiger partial charge in [-0.05, 0) is 55.5 Å². The molecule has 2 aromatic carbocycles. The molecular weight excluding hydrogens is 402 g/mol. The van der Waals surface area contributed by atoms with Crippen LogP contribution in [0.5, 0.6) is 5.75 Å². The van der Waals surface area contributed by atoms with E-state index >= 15 is 0 Å². The Bertz CT molecular complexity index is 946. The van der Waals surface area contributed by atoms with Crippen molar-refractivity contribution in [2.24, 2.45) is 5.92 Å². The van der Waals surface area contributed by atoms with Crippen LogP contribution in [-0.4, -0.2) is 35.5 Å². The van der Waals surface area contributed by atoms with E-state index in [9.17, 15) is 9.59 Å². The van der Waals surface area contributed by atoms with Gasteiger partial charge in [-0.2, -0.15) is 0 Å². The Kier molecular flexibility index (Phi) is 9.74. The van der Waals surface area contributed by atoms with Crippen molar-refractivity contribution in [3.05, 3.63) is 84.0 Å². The fourth-order valence-corrected chi connectivity index (χ4v) is 3.33. The number of carboxylic acids is 1. The number of benzene rings is 2. The quantitative estimate of drug-likeness (QED) is 0.337. The van der Waals surface area contributed by atoms with E-state index in [4.69, 9.17) is 9.84 Å². The molecule has 0 aromatic heterocycles. The van der Waals surface area contributed by atoms with Crippen LogP contribution < -0.4 is 4.74 Å². The normalized spacial score (nSPS) is 12.2. The number of hydrogen-bond acceptors (Lipinski definition) is 3. The van der Waals surface area contributed by atoms with Crippen molar-refractivity contribution in [2.45, 2.75) is 39.7 Å². The monoisotopic (exact) mass is 435 g/mol.